The summed E-state index contributed by atoms with van der Waals surface area (Å²) in [6, 6.07) is 0. The minimum atomic E-state index is -4.58. The Morgan fingerprint density at radius 2 is 1.36 bits per heavy atom. The summed E-state index contributed by atoms with van der Waals surface area (Å²) in [6.45, 7) is 3.50. The second-order valence-electron chi connectivity index (χ2n) is 6.35. The van der Waals surface area contributed by atoms with Crippen molar-refractivity contribution >= 4 is 5.78 Å². The molecule has 0 saturated carbocycles. The van der Waals surface area contributed by atoms with Crippen LogP contribution in [0.2, 0.25) is 0 Å². The third-order valence-electron chi connectivity index (χ3n) is 4.47. The Kier molecular flexibility index (Phi) is 7.87. The molecule has 2 atom stereocenters. The molecular formula is C17H29F3O2. The maximum absolute atomic E-state index is 12.9. The van der Waals surface area contributed by atoms with Gasteiger partial charge in [0.1, 0.15) is 6.10 Å². The molecule has 1 aliphatic heterocycles. The predicted octanol–water partition coefficient (Wildman–Crippen LogP) is 5.59. The van der Waals surface area contributed by atoms with Gasteiger partial charge in [-0.1, -0.05) is 64.7 Å². The van der Waals surface area contributed by atoms with Crippen LogP contribution in [0.3, 0.4) is 0 Å². The normalized spacial score (nSPS) is 24.5. The molecule has 0 spiro atoms. The smallest absolute Gasteiger partial charge is 0.350 e. The van der Waals surface area contributed by atoms with Gasteiger partial charge in [0, 0.05) is 6.42 Å². The van der Waals surface area contributed by atoms with Crippen LogP contribution in [0.4, 0.5) is 13.2 Å². The second kappa shape index (κ2) is 8.90. The molecule has 22 heavy (non-hydrogen) atoms. The molecule has 130 valence electrons. The summed E-state index contributed by atoms with van der Waals surface area (Å²) in [5, 5.41) is 0. The van der Waals surface area contributed by atoms with E-state index in [9.17, 15) is 18.0 Å². The molecule has 1 saturated heterocycles. The number of unbranched alkanes of at least 4 members (excludes halogenated alkanes) is 9. The van der Waals surface area contributed by atoms with E-state index >= 15 is 0 Å². The van der Waals surface area contributed by atoms with E-state index in [2.05, 4.69) is 11.7 Å². The molecule has 0 aromatic carbocycles. The summed E-state index contributed by atoms with van der Waals surface area (Å²) in [6.07, 6.45) is 5.36. The van der Waals surface area contributed by atoms with Gasteiger partial charge in [-0.05, 0) is 13.3 Å². The molecule has 0 aromatic heterocycles. The minimum Gasteiger partial charge on any atom is -0.350 e. The van der Waals surface area contributed by atoms with Gasteiger partial charge in [0.25, 0.3) is 0 Å². The largest absolute Gasteiger partial charge is 0.427 e. The van der Waals surface area contributed by atoms with Gasteiger partial charge in [0.2, 0.25) is 5.60 Å². The molecule has 5 heteroatoms. The third-order valence-corrected chi connectivity index (χ3v) is 4.47. The van der Waals surface area contributed by atoms with E-state index < -0.39 is 23.7 Å². The van der Waals surface area contributed by atoms with Gasteiger partial charge in [-0.15, -0.1) is 0 Å². The summed E-state index contributed by atoms with van der Waals surface area (Å²) in [4.78, 5) is 11.8. The lowest BCUT2D eigenvalue weighted by Gasteiger charge is -2.15. The molecule has 0 N–H and O–H groups in total. The molecule has 2 nitrogen and oxygen atoms in total. The molecule has 1 heterocycles. The van der Waals surface area contributed by atoms with E-state index in [1.807, 2.05) is 0 Å². The fraction of sp³-hybridized carbons (Fsp3) is 0.941. The number of ether oxygens (including phenoxy) is 1. The molecule has 1 rings (SSSR count). The van der Waals surface area contributed by atoms with Crippen molar-refractivity contribution in [1.29, 1.82) is 0 Å². The first-order valence-corrected chi connectivity index (χ1v) is 8.64. The maximum atomic E-state index is 12.9. The fourth-order valence-electron chi connectivity index (χ4n) is 2.95. The number of hydrogen-bond donors (Lipinski definition) is 0. The highest BCUT2D eigenvalue weighted by atomic mass is 19.4. The quantitative estimate of drug-likeness (QED) is 0.346. The summed E-state index contributed by atoms with van der Waals surface area (Å²) in [5.41, 5.74) is -2.49. The van der Waals surface area contributed by atoms with Crippen LogP contribution in [0.25, 0.3) is 0 Å². The van der Waals surface area contributed by atoms with Crippen LogP contribution in [-0.4, -0.2) is 23.7 Å². The first-order chi connectivity index (χ1) is 10.4. The van der Waals surface area contributed by atoms with Gasteiger partial charge in [-0.25, -0.2) is 0 Å². The maximum Gasteiger partial charge on any atom is 0.427 e. The molecular weight excluding hydrogens is 293 g/mol. The van der Waals surface area contributed by atoms with Crippen molar-refractivity contribution in [3.05, 3.63) is 0 Å². The lowest BCUT2D eigenvalue weighted by atomic mass is 9.95. The van der Waals surface area contributed by atoms with Crippen molar-refractivity contribution in [2.75, 3.05) is 0 Å². The van der Waals surface area contributed by atoms with Gasteiger partial charge in [-0.3, -0.25) is 4.79 Å². The summed E-state index contributed by atoms with van der Waals surface area (Å²) in [5.74, 6) is -0.799. The number of ketones is 1. The Morgan fingerprint density at radius 3 is 1.73 bits per heavy atom. The van der Waals surface area contributed by atoms with Crippen molar-refractivity contribution < 1.29 is 22.7 Å². The monoisotopic (exact) mass is 322 g/mol. The number of carbonyl (C=O) groups excluding carboxylic acids is 1. The highest BCUT2D eigenvalue weighted by Crippen LogP contribution is 2.50. The Labute approximate surface area is 131 Å². The lowest BCUT2D eigenvalue weighted by Crippen LogP contribution is -2.42. The topological polar surface area (TPSA) is 29.6 Å². The number of epoxide rings is 1. The standard InChI is InChI=1S/C17H29F3O2/c1-3-4-5-6-7-8-9-10-11-12-13-15(21)16(14(2)22-16)17(18,19)20/h14H,3-13H2,1-2H3. The van der Waals surface area contributed by atoms with Crippen LogP contribution < -0.4 is 0 Å². The summed E-state index contributed by atoms with van der Waals surface area (Å²) < 4.78 is 43.2. The Bertz CT molecular complexity index is 341. The van der Waals surface area contributed by atoms with Crippen LogP contribution in [-0.2, 0) is 9.53 Å². The predicted molar refractivity (Wildman–Crippen MR) is 80.8 cm³/mol. The van der Waals surface area contributed by atoms with E-state index in [0.717, 1.165) is 19.3 Å². The van der Waals surface area contributed by atoms with Gasteiger partial charge < -0.3 is 4.74 Å². The first-order valence-electron chi connectivity index (χ1n) is 8.64. The van der Waals surface area contributed by atoms with Crippen molar-refractivity contribution in [2.45, 2.75) is 102 Å². The molecule has 1 fully saturated rings. The summed E-state index contributed by atoms with van der Waals surface area (Å²) in [7, 11) is 0. The molecule has 0 bridgehead atoms. The third kappa shape index (κ3) is 5.25. The van der Waals surface area contributed by atoms with Crippen LogP contribution in [0.5, 0.6) is 0 Å². The average molecular weight is 322 g/mol. The van der Waals surface area contributed by atoms with E-state index in [4.69, 9.17) is 0 Å². The molecule has 0 amide bonds. The highest BCUT2D eigenvalue weighted by Gasteiger charge is 2.75. The minimum absolute atomic E-state index is 0.0274. The van der Waals surface area contributed by atoms with Crippen molar-refractivity contribution in [2.24, 2.45) is 0 Å². The SMILES string of the molecule is CCCCCCCCCCCCC(=O)C1(C(F)(F)F)OC1C. The van der Waals surface area contributed by atoms with Crippen LogP contribution >= 0.6 is 0 Å². The number of rotatable bonds is 12. The molecule has 2 unspecified atom stereocenters. The lowest BCUT2D eigenvalue weighted by molar-refractivity contribution is -0.188. The Balaban J connectivity index is 2.05. The van der Waals surface area contributed by atoms with E-state index in [-0.39, 0.29) is 6.42 Å². The second-order valence-corrected chi connectivity index (χ2v) is 6.35. The van der Waals surface area contributed by atoms with Gasteiger partial charge in [0.05, 0.1) is 0 Å². The number of carbonyl (C=O) groups is 1. The van der Waals surface area contributed by atoms with Gasteiger partial charge >= 0.3 is 6.18 Å². The van der Waals surface area contributed by atoms with Crippen molar-refractivity contribution in [3.8, 4) is 0 Å². The number of Topliss-reactive ketones (excluding diaryl/α,β-unsaturated/α-hetero) is 1. The van der Waals surface area contributed by atoms with Crippen LogP contribution in [0.1, 0.15) is 84.5 Å². The highest BCUT2D eigenvalue weighted by molar-refractivity contribution is 5.91. The fourth-order valence-corrected chi connectivity index (χ4v) is 2.95. The first kappa shape index (κ1) is 19.5. The number of alkyl halides is 3. The number of halogens is 3. The number of hydrogen-bond acceptors (Lipinski definition) is 2. The molecule has 0 aromatic rings. The molecule has 0 radical (unpaired) electrons. The zero-order valence-corrected chi connectivity index (χ0v) is 13.8. The Morgan fingerprint density at radius 1 is 0.955 bits per heavy atom. The average Bonchev–Trinajstić information content (AvgIpc) is 3.13. The van der Waals surface area contributed by atoms with Crippen LogP contribution in [0.15, 0.2) is 0 Å². The van der Waals surface area contributed by atoms with Crippen LogP contribution in [0, 0.1) is 0 Å². The molecule has 0 aliphatic carbocycles. The van der Waals surface area contributed by atoms with Gasteiger partial charge in [0.15, 0.2) is 5.78 Å². The summed E-state index contributed by atoms with van der Waals surface area (Å²) >= 11 is 0. The zero-order valence-electron chi connectivity index (χ0n) is 13.8. The molecule has 1 aliphatic rings. The van der Waals surface area contributed by atoms with Crippen molar-refractivity contribution in [1.82, 2.24) is 0 Å². The zero-order chi connectivity index (χ0) is 16.6. The van der Waals surface area contributed by atoms with E-state index in [0.29, 0.717) is 6.42 Å². The van der Waals surface area contributed by atoms with E-state index in [1.165, 1.54) is 45.4 Å². The van der Waals surface area contributed by atoms with E-state index in [1.54, 1.807) is 0 Å². The van der Waals surface area contributed by atoms with Gasteiger partial charge in [-0.2, -0.15) is 13.2 Å². The van der Waals surface area contributed by atoms with Crippen molar-refractivity contribution in [3.63, 3.8) is 0 Å². The Hall–Kier alpha value is -0.580.